The largest absolute Gasteiger partial charge is 0.393 e. The van der Waals surface area contributed by atoms with Crippen LogP contribution in [0.2, 0.25) is 0 Å². The van der Waals surface area contributed by atoms with E-state index in [1.807, 2.05) is 13.0 Å². The van der Waals surface area contributed by atoms with E-state index in [4.69, 9.17) is 4.74 Å². The number of aliphatic hydroxyl groups is 1. The minimum absolute atomic E-state index is 0.179. The Bertz CT molecular complexity index is 460. The molecule has 0 aromatic heterocycles. The molecule has 1 N–H and O–H groups in total. The van der Waals surface area contributed by atoms with Crippen LogP contribution in [0.3, 0.4) is 0 Å². The number of halogens is 1. The summed E-state index contributed by atoms with van der Waals surface area (Å²) in [6.45, 7) is 2.50. The maximum atomic E-state index is 14.0. The summed E-state index contributed by atoms with van der Waals surface area (Å²) in [5, 5.41) is 9.94. The highest BCUT2D eigenvalue weighted by molar-refractivity contribution is 5.39. The van der Waals surface area contributed by atoms with Gasteiger partial charge in [-0.2, -0.15) is 0 Å². The molecule has 0 amide bonds. The summed E-state index contributed by atoms with van der Waals surface area (Å²) in [4.78, 5) is 0. The van der Waals surface area contributed by atoms with Gasteiger partial charge in [-0.05, 0) is 44.2 Å². The van der Waals surface area contributed by atoms with Crippen molar-refractivity contribution in [3.8, 4) is 0 Å². The second-order valence-electron chi connectivity index (χ2n) is 5.68. The molecule has 1 aliphatic heterocycles. The summed E-state index contributed by atoms with van der Waals surface area (Å²) < 4.78 is 19.8. The van der Waals surface area contributed by atoms with Gasteiger partial charge in [-0.1, -0.05) is 12.1 Å². The van der Waals surface area contributed by atoms with Gasteiger partial charge in [0.15, 0.2) is 0 Å². The number of hydrogen-bond donors (Lipinski definition) is 1. The minimum Gasteiger partial charge on any atom is -0.393 e. The lowest BCUT2D eigenvalue weighted by molar-refractivity contribution is -0.0293. The third kappa shape index (κ3) is 1.77. The topological polar surface area (TPSA) is 29.5 Å². The van der Waals surface area contributed by atoms with E-state index in [2.05, 4.69) is 0 Å². The predicted molar refractivity (Wildman–Crippen MR) is 66.9 cm³/mol. The summed E-state index contributed by atoms with van der Waals surface area (Å²) in [7, 11) is 0. The van der Waals surface area contributed by atoms with Crippen molar-refractivity contribution in [1.82, 2.24) is 0 Å². The van der Waals surface area contributed by atoms with Gasteiger partial charge in [0.25, 0.3) is 0 Å². The lowest BCUT2D eigenvalue weighted by atomic mass is 9.66. The molecule has 3 heteroatoms. The summed E-state index contributed by atoms with van der Waals surface area (Å²) in [6.07, 6.45) is 3.03. The molecule has 3 atom stereocenters. The maximum absolute atomic E-state index is 14.0. The molecule has 98 valence electrons. The molecular weight excluding hydrogens is 231 g/mol. The Balaban J connectivity index is 2.10. The smallest absolute Gasteiger partial charge is 0.129 e. The Morgan fingerprint density at radius 1 is 1.44 bits per heavy atom. The monoisotopic (exact) mass is 250 g/mol. The van der Waals surface area contributed by atoms with E-state index >= 15 is 0 Å². The first kappa shape index (κ1) is 12.1. The van der Waals surface area contributed by atoms with Crippen molar-refractivity contribution in [1.29, 1.82) is 0 Å². The molecule has 0 saturated heterocycles. The highest BCUT2D eigenvalue weighted by atomic mass is 19.1. The Labute approximate surface area is 107 Å². The van der Waals surface area contributed by atoms with Crippen LogP contribution in [0.5, 0.6) is 0 Å². The quantitative estimate of drug-likeness (QED) is 0.766. The number of rotatable bonds is 0. The lowest BCUT2D eigenvalue weighted by Crippen LogP contribution is -2.43. The molecule has 2 nitrogen and oxygen atoms in total. The highest BCUT2D eigenvalue weighted by Crippen LogP contribution is 2.47. The van der Waals surface area contributed by atoms with Crippen molar-refractivity contribution >= 4 is 0 Å². The van der Waals surface area contributed by atoms with Crippen molar-refractivity contribution in [2.75, 3.05) is 6.61 Å². The fourth-order valence-corrected chi connectivity index (χ4v) is 3.57. The number of aliphatic hydroxyl groups excluding tert-OH is 1. The van der Waals surface area contributed by atoms with Crippen molar-refractivity contribution in [3.63, 3.8) is 0 Å². The molecule has 0 radical (unpaired) electrons. The van der Waals surface area contributed by atoms with Gasteiger partial charge in [-0.25, -0.2) is 4.39 Å². The number of ether oxygens (including phenoxy) is 1. The van der Waals surface area contributed by atoms with Gasteiger partial charge < -0.3 is 9.84 Å². The molecule has 1 aromatic carbocycles. The average molecular weight is 250 g/mol. The standard InChI is InChI=1S/C15H19FO2/c1-10-14-12(5-2-6-13(14)16)15(9-18-10)7-3-4-11(17)8-15/h2,5-6,10-11,17H,3-4,7-9H2,1H3. The highest BCUT2D eigenvalue weighted by Gasteiger charge is 2.43. The second-order valence-corrected chi connectivity index (χ2v) is 5.68. The van der Waals surface area contributed by atoms with Crippen LogP contribution in [0.25, 0.3) is 0 Å². The van der Waals surface area contributed by atoms with Crippen LogP contribution in [0.1, 0.15) is 49.8 Å². The van der Waals surface area contributed by atoms with Crippen LogP contribution in [0, 0.1) is 5.82 Å². The molecule has 1 aromatic rings. The second kappa shape index (κ2) is 4.32. The van der Waals surface area contributed by atoms with E-state index in [0.29, 0.717) is 18.6 Å². The summed E-state index contributed by atoms with van der Waals surface area (Å²) in [6, 6.07) is 5.28. The number of benzene rings is 1. The molecule has 18 heavy (non-hydrogen) atoms. The van der Waals surface area contributed by atoms with Crippen molar-refractivity contribution < 1.29 is 14.2 Å². The van der Waals surface area contributed by atoms with E-state index in [0.717, 1.165) is 24.8 Å². The van der Waals surface area contributed by atoms with Crippen LogP contribution >= 0.6 is 0 Å². The molecule has 1 spiro atoms. The average Bonchev–Trinajstić information content (AvgIpc) is 2.35. The summed E-state index contributed by atoms with van der Waals surface area (Å²) in [5.41, 5.74) is 1.57. The van der Waals surface area contributed by atoms with Gasteiger partial charge in [0.1, 0.15) is 5.82 Å². The minimum atomic E-state index is -0.285. The van der Waals surface area contributed by atoms with Gasteiger partial charge in [-0.15, -0.1) is 0 Å². The first-order chi connectivity index (χ1) is 8.62. The SMILES string of the molecule is CC1OCC2(CCCC(O)C2)c2cccc(F)c21. The molecule has 0 bridgehead atoms. The zero-order chi connectivity index (χ0) is 12.8. The third-order valence-corrected chi connectivity index (χ3v) is 4.46. The van der Waals surface area contributed by atoms with E-state index in [1.165, 1.54) is 6.07 Å². The van der Waals surface area contributed by atoms with Gasteiger partial charge in [0.05, 0.1) is 18.8 Å². The lowest BCUT2D eigenvalue weighted by Gasteiger charge is -2.45. The normalized spacial score (nSPS) is 35.5. The molecule has 1 aliphatic carbocycles. The molecule has 2 aliphatic rings. The van der Waals surface area contributed by atoms with Gasteiger partial charge in [0.2, 0.25) is 0 Å². The molecular formula is C15H19FO2. The van der Waals surface area contributed by atoms with Crippen LogP contribution in [0.15, 0.2) is 18.2 Å². The molecule has 1 fully saturated rings. The number of hydrogen-bond acceptors (Lipinski definition) is 2. The van der Waals surface area contributed by atoms with Crippen molar-refractivity contribution in [3.05, 3.63) is 35.1 Å². The predicted octanol–water partition coefficient (Wildman–Crippen LogP) is 3.09. The van der Waals surface area contributed by atoms with Crippen molar-refractivity contribution in [2.24, 2.45) is 0 Å². The van der Waals surface area contributed by atoms with E-state index in [-0.39, 0.29) is 23.4 Å². The van der Waals surface area contributed by atoms with Crippen LogP contribution in [-0.2, 0) is 10.2 Å². The van der Waals surface area contributed by atoms with Crippen LogP contribution < -0.4 is 0 Å². The molecule has 1 saturated carbocycles. The van der Waals surface area contributed by atoms with Crippen molar-refractivity contribution in [2.45, 2.75) is 50.2 Å². The zero-order valence-electron chi connectivity index (χ0n) is 10.7. The van der Waals surface area contributed by atoms with Gasteiger partial charge in [-0.3, -0.25) is 0 Å². The van der Waals surface area contributed by atoms with E-state index in [9.17, 15) is 9.50 Å². The third-order valence-electron chi connectivity index (χ3n) is 4.46. The van der Waals surface area contributed by atoms with Gasteiger partial charge >= 0.3 is 0 Å². The first-order valence-corrected chi connectivity index (χ1v) is 6.71. The fourth-order valence-electron chi connectivity index (χ4n) is 3.57. The molecule has 3 rings (SSSR count). The van der Waals surface area contributed by atoms with Crippen LogP contribution in [0.4, 0.5) is 4.39 Å². The summed E-state index contributed by atoms with van der Waals surface area (Å²) >= 11 is 0. The number of fused-ring (bicyclic) bond motifs is 2. The Hall–Kier alpha value is -0.930. The molecule has 1 heterocycles. The first-order valence-electron chi connectivity index (χ1n) is 6.71. The Morgan fingerprint density at radius 3 is 3.06 bits per heavy atom. The Morgan fingerprint density at radius 2 is 2.28 bits per heavy atom. The summed E-state index contributed by atoms with van der Waals surface area (Å²) in [5.74, 6) is -0.181. The Kier molecular flexibility index (Phi) is 2.91. The maximum Gasteiger partial charge on any atom is 0.129 e. The van der Waals surface area contributed by atoms with Crippen LogP contribution in [-0.4, -0.2) is 17.8 Å². The van der Waals surface area contributed by atoms with E-state index < -0.39 is 0 Å². The molecule has 3 unspecified atom stereocenters. The van der Waals surface area contributed by atoms with Gasteiger partial charge in [0, 0.05) is 11.0 Å². The van der Waals surface area contributed by atoms with E-state index in [1.54, 1.807) is 6.07 Å². The fraction of sp³-hybridized carbons (Fsp3) is 0.600. The zero-order valence-corrected chi connectivity index (χ0v) is 10.7.